The average molecular weight is 285 g/mol. The Labute approximate surface area is 124 Å². The highest BCUT2D eigenvalue weighted by Crippen LogP contribution is 2.23. The van der Waals surface area contributed by atoms with E-state index in [1.165, 1.54) is 0 Å². The highest BCUT2D eigenvalue weighted by molar-refractivity contribution is 8.00. The van der Waals surface area contributed by atoms with Crippen molar-refractivity contribution in [1.29, 1.82) is 0 Å². The fourth-order valence-electron chi connectivity index (χ4n) is 1.91. The van der Waals surface area contributed by atoms with Crippen LogP contribution < -0.4 is 5.32 Å². The fourth-order valence-corrected chi connectivity index (χ4v) is 2.81. The summed E-state index contributed by atoms with van der Waals surface area (Å²) in [6.07, 6.45) is 0. The van der Waals surface area contributed by atoms with E-state index in [1.807, 2.05) is 74.5 Å². The summed E-state index contributed by atoms with van der Waals surface area (Å²) >= 11 is 1.58. The van der Waals surface area contributed by atoms with E-state index in [4.69, 9.17) is 0 Å². The zero-order chi connectivity index (χ0) is 14.4. The van der Waals surface area contributed by atoms with E-state index in [1.54, 1.807) is 11.8 Å². The number of hydrogen-bond acceptors (Lipinski definition) is 2. The number of carbonyl (C=O) groups is 1. The molecule has 0 saturated heterocycles. The summed E-state index contributed by atoms with van der Waals surface area (Å²) in [6, 6.07) is 20.0. The van der Waals surface area contributed by atoms with Gasteiger partial charge in [0, 0.05) is 4.90 Å². The van der Waals surface area contributed by atoms with Gasteiger partial charge in [-0.1, -0.05) is 48.5 Å². The molecule has 0 radical (unpaired) electrons. The summed E-state index contributed by atoms with van der Waals surface area (Å²) in [5.41, 5.74) is 1.12. The lowest BCUT2D eigenvalue weighted by Crippen LogP contribution is -2.33. The summed E-state index contributed by atoms with van der Waals surface area (Å²) in [5, 5.41) is 2.95. The summed E-state index contributed by atoms with van der Waals surface area (Å²) < 4.78 is 0. The zero-order valence-corrected chi connectivity index (χ0v) is 12.6. The number of hydrogen-bond donors (Lipinski definition) is 1. The Bertz CT molecular complexity index is 541. The molecule has 0 aliphatic heterocycles. The Hall–Kier alpha value is -1.74. The fraction of sp³-hybridized carbons (Fsp3) is 0.235. The van der Waals surface area contributed by atoms with Gasteiger partial charge in [-0.3, -0.25) is 4.79 Å². The van der Waals surface area contributed by atoms with Crippen molar-refractivity contribution >= 4 is 17.7 Å². The minimum Gasteiger partial charge on any atom is -0.349 e. The van der Waals surface area contributed by atoms with Gasteiger partial charge < -0.3 is 5.32 Å². The molecule has 104 valence electrons. The van der Waals surface area contributed by atoms with Crippen LogP contribution in [0.2, 0.25) is 0 Å². The number of benzene rings is 2. The van der Waals surface area contributed by atoms with Crippen LogP contribution in [0.4, 0.5) is 0 Å². The lowest BCUT2D eigenvalue weighted by Gasteiger charge is -2.17. The molecule has 0 heterocycles. The topological polar surface area (TPSA) is 29.1 Å². The van der Waals surface area contributed by atoms with Crippen LogP contribution in [0, 0.1) is 0 Å². The van der Waals surface area contributed by atoms with Crippen molar-refractivity contribution < 1.29 is 4.79 Å². The first-order valence-corrected chi connectivity index (χ1v) is 7.62. The van der Waals surface area contributed by atoms with Gasteiger partial charge in [0.2, 0.25) is 5.91 Å². The monoisotopic (exact) mass is 285 g/mol. The van der Waals surface area contributed by atoms with Gasteiger partial charge in [0.25, 0.3) is 0 Å². The average Bonchev–Trinajstić information content (AvgIpc) is 2.49. The summed E-state index contributed by atoms with van der Waals surface area (Å²) in [4.78, 5) is 13.3. The molecule has 2 atom stereocenters. The highest BCUT2D eigenvalue weighted by atomic mass is 32.2. The largest absolute Gasteiger partial charge is 0.349 e. The summed E-state index contributed by atoms with van der Waals surface area (Å²) in [7, 11) is 0. The maximum Gasteiger partial charge on any atom is 0.233 e. The Kier molecular flexibility index (Phi) is 5.24. The molecule has 2 aromatic rings. The number of nitrogens with one attached hydrogen (secondary N) is 1. The summed E-state index contributed by atoms with van der Waals surface area (Å²) in [6.45, 7) is 3.94. The molecular formula is C17H19NOS. The third-order valence-electron chi connectivity index (χ3n) is 3.08. The summed E-state index contributed by atoms with van der Waals surface area (Å²) in [5.74, 6) is 0.0650. The van der Waals surface area contributed by atoms with Gasteiger partial charge >= 0.3 is 0 Å². The molecule has 0 fully saturated rings. The Morgan fingerprint density at radius 3 is 2.10 bits per heavy atom. The van der Waals surface area contributed by atoms with Gasteiger partial charge in [-0.05, 0) is 31.5 Å². The van der Waals surface area contributed by atoms with Gasteiger partial charge in [-0.2, -0.15) is 0 Å². The van der Waals surface area contributed by atoms with Crippen molar-refractivity contribution in [3.05, 3.63) is 66.2 Å². The lowest BCUT2D eigenvalue weighted by molar-refractivity contribution is -0.120. The minimum atomic E-state index is -0.108. The molecule has 0 saturated carbocycles. The third kappa shape index (κ3) is 4.14. The molecule has 0 bridgehead atoms. The van der Waals surface area contributed by atoms with Crippen molar-refractivity contribution in [1.82, 2.24) is 5.32 Å². The third-order valence-corrected chi connectivity index (χ3v) is 4.20. The highest BCUT2D eigenvalue weighted by Gasteiger charge is 2.16. The van der Waals surface area contributed by atoms with Gasteiger partial charge in [0.15, 0.2) is 0 Å². The van der Waals surface area contributed by atoms with E-state index in [9.17, 15) is 4.79 Å². The number of thioether (sulfide) groups is 1. The smallest absolute Gasteiger partial charge is 0.233 e. The van der Waals surface area contributed by atoms with Crippen molar-refractivity contribution in [2.24, 2.45) is 0 Å². The normalized spacial score (nSPS) is 13.5. The van der Waals surface area contributed by atoms with E-state index < -0.39 is 0 Å². The number of amides is 1. The predicted octanol–water partition coefficient (Wildman–Crippen LogP) is 4.04. The maximum atomic E-state index is 12.2. The lowest BCUT2D eigenvalue weighted by atomic mass is 10.1. The van der Waals surface area contributed by atoms with Crippen LogP contribution in [0.3, 0.4) is 0 Å². The second-order valence-electron chi connectivity index (χ2n) is 4.71. The van der Waals surface area contributed by atoms with Crippen LogP contribution in [-0.4, -0.2) is 11.2 Å². The predicted molar refractivity (Wildman–Crippen MR) is 84.8 cm³/mol. The first-order chi connectivity index (χ1) is 9.66. The van der Waals surface area contributed by atoms with E-state index >= 15 is 0 Å². The van der Waals surface area contributed by atoms with Crippen LogP contribution in [0.1, 0.15) is 25.5 Å². The van der Waals surface area contributed by atoms with Gasteiger partial charge in [-0.15, -0.1) is 11.8 Å². The Morgan fingerprint density at radius 1 is 0.950 bits per heavy atom. The standard InChI is InChI=1S/C17H19NOS/c1-13(15-9-5-3-6-10-15)18-17(19)14(2)20-16-11-7-4-8-12-16/h3-14H,1-2H3,(H,18,19)/t13-,14?/m1/s1. The number of rotatable bonds is 5. The van der Waals surface area contributed by atoms with E-state index in [0.29, 0.717) is 0 Å². The molecule has 0 spiro atoms. The molecule has 0 aliphatic rings. The van der Waals surface area contributed by atoms with Gasteiger partial charge in [-0.25, -0.2) is 0 Å². The van der Waals surface area contributed by atoms with Crippen molar-refractivity contribution in [2.45, 2.75) is 30.0 Å². The Balaban J connectivity index is 1.91. The molecule has 1 amide bonds. The minimum absolute atomic E-state index is 0.0301. The van der Waals surface area contributed by atoms with Crippen molar-refractivity contribution in [2.75, 3.05) is 0 Å². The van der Waals surface area contributed by atoms with E-state index in [2.05, 4.69) is 5.32 Å². The zero-order valence-electron chi connectivity index (χ0n) is 11.7. The second kappa shape index (κ2) is 7.15. The van der Waals surface area contributed by atoms with Crippen LogP contribution in [0.5, 0.6) is 0 Å². The molecule has 1 N–H and O–H groups in total. The van der Waals surface area contributed by atoms with Crippen molar-refractivity contribution in [3.8, 4) is 0 Å². The van der Waals surface area contributed by atoms with Crippen LogP contribution in [-0.2, 0) is 4.79 Å². The first kappa shape index (κ1) is 14.7. The second-order valence-corrected chi connectivity index (χ2v) is 6.13. The molecule has 2 rings (SSSR count). The molecule has 0 aliphatic carbocycles. The van der Waals surface area contributed by atoms with E-state index in [0.717, 1.165) is 10.5 Å². The van der Waals surface area contributed by atoms with E-state index in [-0.39, 0.29) is 17.2 Å². The number of carbonyl (C=O) groups excluding carboxylic acids is 1. The molecule has 2 aromatic carbocycles. The Morgan fingerprint density at radius 2 is 1.50 bits per heavy atom. The molecule has 2 nitrogen and oxygen atoms in total. The van der Waals surface area contributed by atoms with Crippen molar-refractivity contribution in [3.63, 3.8) is 0 Å². The van der Waals surface area contributed by atoms with Gasteiger partial charge in [0.05, 0.1) is 11.3 Å². The first-order valence-electron chi connectivity index (χ1n) is 6.74. The molecular weight excluding hydrogens is 266 g/mol. The molecule has 20 heavy (non-hydrogen) atoms. The SMILES string of the molecule is CC(Sc1ccccc1)C(=O)N[C@H](C)c1ccccc1. The van der Waals surface area contributed by atoms with Crippen LogP contribution in [0.15, 0.2) is 65.6 Å². The molecule has 1 unspecified atom stereocenters. The van der Waals surface area contributed by atoms with Gasteiger partial charge in [0.1, 0.15) is 0 Å². The van der Waals surface area contributed by atoms with Crippen LogP contribution in [0.25, 0.3) is 0 Å². The quantitative estimate of drug-likeness (QED) is 0.840. The maximum absolute atomic E-state index is 12.2. The van der Waals surface area contributed by atoms with Crippen LogP contribution >= 0.6 is 11.8 Å². The molecule has 3 heteroatoms. The molecule has 0 aromatic heterocycles.